The molecule has 0 spiro atoms. The van der Waals surface area contributed by atoms with E-state index in [4.69, 9.17) is 0 Å². The van der Waals surface area contributed by atoms with Gasteiger partial charge in [-0.15, -0.1) is 0 Å². The first kappa shape index (κ1) is 11.5. The zero-order chi connectivity index (χ0) is 13.4. The van der Waals surface area contributed by atoms with Crippen LogP contribution >= 0.6 is 0 Å². The number of hydrogen-bond acceptors (Lipinski definition) is 2. The highest BCUT2D eigenvalue weighted by atomic mass is 16.2. The number of likely N-dealkylation sites (tertiary alicyclic amines) is 1. The number of carbonyl (C=O) groups excluding carboxylic acids is 2. The maximum absolute atomic E-state index is 12.9. The second kappa shape index (κ2) is 3.75. The summed E-state index contributed by atoms with van der Waals surface area (Å²) in [6, 6.07) is 0.213. The lowest BCUT2D eigenvalue weighted by molar-refractivity contribution is -0.143. The van der Waals surface area contributed by atoms with Crippen LogP contribution in [0.15, 0.2) is 12.2 Å². The van der Waals surface area contributed by atoms with Crippen LogP contribution in [0.25, 0.3) is 0 Å². The summed E-state index contributed by atoms with van der Waals surface area (Å²) >= 11 is 0. The Bertz CT molecular complexity index is 483. The molecule has 0 unspecified atom stereocenters. The lowest BCUT2D eigenvalue weighted by Gasteiger charge is -2.37. The smallest absolute Gasteiger partial charge is 0.233 e. The average Bonchev–Trinajstić information content (AvgIpc) is 3.25. The molecule has 0 aromatic heterocycles. The zero-order valence-electron chi connectivity index (χ0n) is 11.7. The van der Waals surface area contributed by atoms with Crippen LogP contribution in [0.4, 0.5) is 0 Å². The maximum atomic E-state index is 12.9. The molecule has 6 aliphatic rings. The number of hydrogen-bond donors (Lipinski definition) is 0. The molecule has 3 nitrogen and oxygen atoms in total. The first-order valence-electron chi connectivity index (χ1n) is 8.32. The molecule has 0 aromatic carbocycles. The Hall–Kier alpha value is -1.12. The molecule has 0 aromatic rings. The molecule has 20 heavy (non-hydrogen) atoms. The van der Waals surface area contributed by atoms with Gasteiger partial charge in [-0.2, -0.15) is 0 Å². The molecule has 4 fully saturated rings. The Balaban J connectivity index is 1.50. The van der Waals surface area contributed by atoms with Crippen LogP contribution in [-0.4, -0.2) is 22.8 Å². The molecule has 0 radical (unpaired) electrons. The van der Waals surface area contributed by atoms with Crippen molar-refractivity contribution in [2.45, 2.75) is 44.6 Å². The number of rotatable bonds is 1. The fraction of sp³-hybridized carbons (Fsp3) is 0.765. The summed E-state index contributed by atoms with van der Waals surface area (Å²) in [5.74, 6) is 2.54. The Kier molecular flexibility index (Phi) is 2.16. The number of carbonyl (C=O) groups is 2. The lowest BCUT2D eigenvalue weighted by Crippen LogP contribution is -2.42. The Morgan fingerprint density at radius 2 is 1.40 bits per heavy atom. The van der Waals surface area contributed by atoms with E-state index in [9.17, 15) is 9.59 Å². The van der Waals surface area contributed by atoms with E-state index in [2.05, 4.69) is 12.2 Å². The SMILES string of the molecule is O=C1[C@@H]2[C@H]3C=C[C@H]([C@H]4C[C@H]34)[C@@H]2C(=O)N1C1CCCCC1. The molecule has 2 bridgehead atoms. The van der Waals surface area contributed by atoms with Crippen LogP contribution in [0.2, 0.25) is 0 Å². The zero-order valence-corrected chi connectivity index (χ0v) is 11.7. The van der Waals surface area contributed by atoms with Crippen molar-refractivity contribution in [3.8, 4) is 0 Å². The van der Waals surface area contributed by atoms with Crippen LogP contribution in [-0.2, 0) is 9.59 Å². The fourth-order valence-electron chi connectivity index (χ4n) is 5.68. The molecule has 2 amide bonds. The quantitative estimate of drug-likeness (QED) is 0.542. The van der Waals surface area contributed by atoms with Crippen molar-refractivity contribution in [1.29, 1.82) is 0 Å². The van der Waals surface area contributed by atoms with E-state index in [1.165, 1.54) is 25.7 Å². The largest absolute Gasteiger partial charge is 0.279 e. The predicted octanol–water partition coefficient (Wildman–Crippen LogP) is 2.37. The van der Waals surface area contributed by atoms with Gasteiger partial charge in [-0.25, -0.2) is 0 Å². The van der Waals surface area contributed by atoms with E-state index in [-0.39, 0.29) is 29.7 Å². The van der Waals surface area contributed by atoms with Crippen LogP contribution < -0.4 is 0 Å². The third kappa shape index (κ3) is 1.27. The third-order valence-corrected chi connectivity index (χ3v) is 6.64. The van der Waals surface area contributed by atoms with E-state index in [0.29, 0.717) is 23.7 Å². The molecule has 6 rings (SSSR count). The van der Waals surface area contributed by atoms with E-state index in [1.807, 2.05) is 0 Å². The molecule has 5 aliphatic carbocycles. The highest BCUT2D eigenvalue weighted by Crippen LogP contribution is 2.65. The minimum Gasteiger partial charge on any atom is -0.279 e. The minimum atomic E-state index is 0.00294. The van der Waals surface area contributed by atoms with Crippen molar-refractivity contribution in [3.63, 3.8) is 0 Å². The van der Waals surface area contributed by atoms with Gasteiger partial charge >= 0.3 is 0 Å². The lowest BCUT2D eigenvalue weighted by atomic mass is 9.63. The molecule has 106 valence electrons. The molecular formula is C17H21NO2. The molecule has 1 saturated heterocycles. The molecule has 3 saturated carbocycles. The van der Waals surface area contributed by atoms with Crippen molar-refractivity contribution in [1.82, 2.24) is 4.90 Å². The van der Waals surface area contributed by atoms with Crippen molar-refractivity contribution in [2.75, 3.05) is 0 Å². The topological polar surface area (TPSA) is 37.4 Å². The number of imide groups is 1. The minimum absolute atomic E-state index is 0.00294. The van der Waals surface area contributed by atoms with E-state index >= 15 is 0 Å². The number of nitrogens with zero attached hydrogens (tertiary/aromatic N) is 1. The highest BCUT2D eigenvalue weighted by molar-refractivity contribution is 6.06. The van der Waals surface area contributed by atoms with Gasteiger partial charge in [0.05, 0.1) is 11.8 Å². The van der Waals surface area contributed by atoms with E-state index in [1.54, 1.807) is 4.90 Å². The van der Waals surface area contributed by atoms with Crippen molar-refractivity contribution in [2.24, 2.45) is 35.5 Å². The molecule has 1 aliphatic heterocycles. The molecular weight excluding hydrogens is 250 g/mol. The van der Waals surface area contributed by atoms with Gasteiger partial charge in [0.2, 0.25) is 11.8 Å². The molecule has 3 heteroatoms. The first-order chi connectivity index (χ1) is 9.77. The van der Waals surface area contributed by atoms with Gasteiger partial charge in [0.25, 0.3) is 0 Å². The summed E-state index contributed by atoms with van der Waals surface area (Å²) in [7, 11) is 0. The van der Waals surface area contributed by atoms with E-state index in [0.717, 1.165) is 12.8 Å². The summed E-state index contributed by atoms with van der Waals surface area (Å²) in [6.45, 7) is 0. The van der Waals surface area contributed by atoms with Gasteiger partial charge < -0.3 is 0 Å². The maximum Gasteiger partial charge on any atom is 0.233 e. The Morgan fingerprint density at radius 1 is 0.850 bits per heavy atom. The highest BCUT2D eigenvalue weighted by Gasteiger charge is 2.67. The molecule has 1 heterocycles. The van der Waals surface area contributed by atoms with Crippen molar-refractivity contribution in [3.05, 3.63) is 12.2 Å². The van der Waals surface area contributed by atoms with Crippen LogP contribution in [0.5, 0.6) is 0 Å². The summed E-state index contributed by atoms with van der Waals surface area (Å²) in [5.41, 5.74) is 0. The number of amides is 2. The monoisotopic (exact) mass is 271 g/mol. The number of allylic oxidation sites excluding steroid dienone is 2. The standard InChI is InChI=1S/C17H21NO2/c19-16-14-10-6-7-11(13-8-12(10)13)15(14)17(20)18(16)9-4-2-1-3-5-9/h6-7,9-15H,1-5,8H2/t10-,11+,12-,13-,14+,15-/m1/s1. The molecule has 6 atom stereocenters. The Labute approximate surface area is 119 Å². The van der Waals surface area contributed by atoms with Gasteiger partial charge in [0.15, 0.2) is 0 Å². The summed E-state index contributed by atoms with van der Waals surface area (Å²) in [5, 5.41) is 0. The fourth-order valence-corrected chi connectivity index (χ4v) is 5.68. The predicted molar refractivity (Wildman–Crippen MR) is 73.4 cm³/mol. The van der Waals surface area contributed by atoms with Crippen LogP contribution in [0.1, 0.15) is 38.5 Å². The van der Waals surface area contributed by atoms with Crippen LogP contribution in [0.3, 0.4) is 0 Å². The van der Waals surface area contributed by atoms with Gasteiger partial charge in [0, 0.05) is 6.04 Å². The Morgan fingerprint density at radius 3 is 1.95 bits per heavy atom. The third-order valence-electron chi connectivity index (χ3n) is 6.64. The van der Waals surface area contributed by atoms with Crippen molar-refractivity contribution < 1.29 is 9.59 Å². The van der Waals surface area contributed by atoms with Crippen LogP contribution in [0, 0.1) is 35.5 Å². The van der Waals surface area contributed by atoms with Gasteiger partial charge in [-0.3, -0.25) is 14.5 Å². The van der Waals surface area contributed by atoms with E-state index < -0.39 is 0 Å². The van der Waals surface area contributed by atoms with Crippen molar-refractivity contribution >= 4 is 11.8 Å². The van der Waals surface area contributed by atoms with Gasteiger partial charge in [-0.05, 0) is 42.9 Å². The second-order valence-corrected chi connectivity index (χ2v) is 7.49. The van der Waals surface area contributed by atoms with Gasteiger partial charge in [0.1, 0.15) is 0 Å². The second-order valence-electron chi connectivity index (χ2n) is 7.49. The summed E-state index contributed by atoms with van der Waals surface area (Å²) in [4.78, 5) is 27.5. The summed E-state index contributed by atoms with van der Waals surface area (Å²) in [6.07, 6.45) is 11.4. The molecule has 0 N–H and O–H groups in total. The summed E-state index contributed by atoms with van der Waals surface area (Å²) < 4.78 is 0. The normalized spacial score (nSPS) is 49.5. The van der Waals surface area contributed by atoms with Gasteiger partial charge in [-0.1, -0.05) is 31.4 Å². The average molecular weight is 271 g/mol. The first-order valence-corrected chi connectivity index (χ1v) is 8.32.